The van der Waals surface area contributed by atoms with Gasteiger partial charge in [-0.05, 0) is 54.6 Å². The summed E-state index contributed by atoms with van der Waals surface area (Å²) in [6.45, 7) is 0. The molecule has 5 rings (SSSR count). The largest absolute Gasteiger partial charge is 0.299 e. The van der Waals surface area contributed by atoms with Crippen LogP contribution in [0.4, 0.5) is 4.39 Å². The molecule has 1 aromatic carbocycles. The Balaban J connectivity index is 1.65. The summed E-state index contributed by atoms with van der Waals surface area (Å²) in [7, 11) is 0. The van der Waals surface area contributed by atoms with Crippen LogP contribution in [0.2, 0.25) is 0 Å². The number of nitrogens with zero attached hydrogens (tertiary/aromatic N) is 5. The maximum atomic E-state index is 13.3. The molecule has 27 heavy (non-hydrogen) atoms. The maximum absolute atomic E-state index is 13.3. The van der Waals surface area contributed by atoms with Gasteiger partial charge in [-0.15, -0.1) is 0 Å². The summed E-state index contributed by atoms with van der Waals surface area (Å²) in [6.07, 6.45) is 9.16. The van der Waals surface area contributed by atoms with Crippen LogP contribution in [0.5, 0.6) is 0 Å². The Morgan fingerprint density at radius 3 is 2.37 bits per heavy atom. The summed E-state index contributed by atoms with van der Waals surface area (Å²) < 4.78 is 17.1. The molecule has 0 saturated heterocycles. The van der Waals surface area contributed by atoms with Crippen LogP contribution in [0.1, 0.15) is 0 Å². The maximum Gasteiger partial charge on any atom is 0.137 e. The zero-order valence-corrected chi connectivity index (χ0v) is 14.2. The third kappa shape index (κ3) is 2.67. The second kappa shape index (κ2) is 6.17. The fraction of sp³-hybridized carbons (Fsp3) is 0. The highest BCUT2D eigenvalue weighted by molar-refractivity contribution is 5.68. The van der Waals surface area contributed by atoms with E-state index in [-0.39, 0.29) is 5.82 Å². The van der Waals surface area contributed by atoms with Crippen LogP contribution < -0.4 is 0 Å². The van der Waals surface area contributed by atoms with E-state index in [1.807, 2.05) is 47.1 Å². The van der Waals surface area contributed by atoms with E-state index in [2.05, 4.69) is 15.1 Å². The Hall–Kier alpha value is -3.80. The number of aromatic nitrogens is 5. The van der Waals surface area contributed by atoms with Gasteiger partial charge in [0, 0.05) is 29.7 Å². The Morgan fingerprint density at radius 1 is 0.741 bits per heavy atom. The second-order valence-corrected chi connectivity index (χ2v) is 6.13. The smallest absolute Gasteiger partial charge is 0.137 e. The number of hydrogen-bond acceptors (Lipinski definition) is 3. The normalized spacial score (nSPS) is 11.1. The highest BCUT2D eigenvalue weighted by Crippen LogP contribution is 2.26. The molecule has 4 heterocycles. The molecule has 0 bridgehead atoms. The minimum absolute atomic E-state index is 0.269. The second-order valence-electron chi connectivity index (χ2n) is 6.13. The Labute approximate surface area is 154 Å². The summed E-state index contributed by atoms with van der Waals surface area (Å²) in [5.41, 5.74) is 5.59. The first-order valence-electron chi connectivity index (χ1n) is 8.47. The van der Waals surface area contributed by atoms with E-state index in [9.17, 15) is 4.39 Å². The summed E-state index contributed by atoms with van der Waals surface area (Å²) in [4.78, 5) is 8.56. The van der Waals surface area contributed by atoms with Crippen molar-refractivity contribution in [1.29, 1.82) is 0 Å². The van der Waals surface area contributed by atoms with Gasteiger partial charge in [0.25, 0.3) is 0 Å². The van der Waals surface area contributed by atoms with Crippen molar-refractivity contribution in [3.63, 3.8) is 0 Å². The van der Waals surface area contributed by atoms with Crippen LogP contribution >= 0.6 is 0 Å². The molecule has 5 aromatic rings. The van der Waals surface area contributed by atoms with Crippen molar-refractivity contribution in [2.45, 2.75) is 0 Å². The number of imidazole rings is 1. The van der Waals surface area contributed by atoms with E-state index in [0.29, 0.717) is 0 Å². The highest BCUT2D eigenvalue weighted by atomic mass is 19.1. The molecule has 5 nitrogen and oxygen atoms in total. The molecule has 0 fully saturated rings. The first kappa shape index (κ1) is 15.5. The van der Waals surface area contributed by atoms with Crippen molar-refractivity contribution in [3.05, 3.63) is 91.4 Å². The molecule has 0 aliphatic heterocycles. The van der Waals surface area contributed by atoms with Crippen LogP contribution in [-0.2, 0) is 0 Å². The number of benzene rings is 1. The van der Waals surface area contributed by atoms with Crippen molar-refractivity contribution in [2.24, 2.45) is 0 Å². The third-order valence-electron chi connectivity index (χ3n) is 4.49. The van der Waals surface area contributed by atoms with E-state index < -0.39 is 0 Å². The average Bonchev–Trinajstić information content (AvgIpc) is 3.36. The average molecular weight is 355 g/mol. The Kier molecular flexibility index (Phi) is 3.53. The van der Waals surface area contributed by atoms with Gasteiger partial charge in [-0.3, -0.25) is 9.38 Å². The molecule has 0 aliphatic carbocycles. The highest BCUT2D eigenvalue weighted by Gasteiger charge is 2.11. The number of halogens is 1. The van der Waals surface area contributed by atoms with Crippen LogP contribution in [-0.4, -0.2) is 24.1 Å². The zero-order valence-electron chi connectivity index (χ0n) is 14.2. The Bertz CT molecular complexity index is 1220. The molecule has 0 saturated carbocycles. The molecule has 0 radical (unpaired) electrons. The van der Waals surface area contributed by atoms with E-state index in [4.69, 9.17) is 0 Å². The summed E-state index contributed by atoms with van der Waals surface area (Å²) >= 11 is 0. The minimum Gasteiger partial charge on any atom is -0.299 e. The standard InChI is InChI=1S/C21H14FN5/c22-17-2-4-18(5-3-17)27-19(9-12-25-27)16-1-6-21-24-13-20(26(21)14-16)15-7-10-23-11-8-15/h1-14H. The lowest BCUT2D eigenvalue weighted by Crippen LogP contribution is -2.00. The van der Waals surface area contributed by atoms with Gasteiger partial charge in [0.05, 0.1) is 29.5 Å². The molecule has 4 aromatic heterocycles. The number of pyridine rings is 2. The molecule has 0 amide bonds. The van der Waals surface area contributed by atoms with Crippen LogP contribution in [0, 0.1) is 5.82 Å². The van der Waals surface area contributed by atoms with Crippen molar-refractivity contribution >= 4 is 5.65 Å². The number of fused-ring (bicyclic) bond motifs is 1. The topological polar surface area (TPSA) is 48.0 Å². The molecule has 0 spiro atoms. The van der Waals surface area contributed by atoms with Gasteiger partial charge < -0.3 is 0 Å². The van der Waals surface area contributed by atoms with Crippen molar-refractivity contribution in [3.8, 4) is 28.2 Å². The quantitative estimate of drug-likeness (QED) is 0.482. The predicted molar refractivity (Wildman–Crippen MR) is 101 cm³/mol. The molecule has 0 N–H and O–H groups in total. The zero-order chi connectivity index (χ0) is 18.2. The van der Waals surface area contributed by atoms with Gasteiger partial charge in [0.2, 0.25) is 0 Å². The molecule has 130 valence electrons. The van der Waals surface area contributed by atoms with E-state index in [1.54, 1.807) is 35.4 Å². The fourth-order valence-corrected chi connectivity index (χ4v) is 3.18. The molecule has 6 heteroatoms. The first-order chi connectivity index (χ1) is 13.3. The molecule has 0 aliphatic rings. The summed E-state index contributed by atoms with van der Waals surface area (Å²) in [6, 6.07) is 16.1. The predicted octanol–water partition coefficient (Wildman–Crippen LogP) is 4.39. The minimum atomic E-state index is -0.269. The molecular formula is C21H14FN5. The van der Waals surface area contributed by atoms with Gasteiger partial charge in [0.15, 0.2) is 0 Å². The fourth-order valence-electron chi connectivity index (χ4n) is 3.18. The summed E-state index contributed by atoms with van der Waals surface area (Å²) in [5.74, 6) is -0.269. The molecule has 0 unspecified atom stereocenters. The van der Waals surface area contributed by atoms with Gasteiger partial charge >= 0.3 is 0 Å². The SMILES string of the molecule is Fc1ccc(-n2nccc2-c2ccc3ncc(-c4ccncc4)n3c2)cc1. The van der Waals surface area contributed by atoms with Crippen LogP contribution in [0.3, 0.4) is 0 Å². The van der Waals surface area contributed by atoms with Gasteiger partial charge in [-0.1, -0.05) is 0 Å². The third-order valence-corrected chi connectivity index (χ3v) is 4.49. The lowest BCUT2D eigenvalue weighted by atomic mass is 10.2. The molecular weight excluding hydrogens is 341 g/mol. The first-order valence-corrected chi connectivity index (χ1v) is 8.47. The van der Waals surface area contributed by atoms with E-state index in [0.717, 1.165) is 33.8 Å². The van der Waals surface area contributed by atoms with E-state index in [1.165, 1.54) is 12.1 Å². The van der Waals surface area contributed by atoms with Gasteiger partial charge in [0.1, 0.15) is 11.5 Å². The monoisotopic (exact) mass is 355 g/mol. The van der Waals surface area contributed by atoms with Crippen LogP contribution in [0.25, 0.3) is 33.8 Å². The van der Waals surface area contributed by atoms with Crippen LogP contribution in [0.15, 0.2) is 85.6 Å². The lowest BCUT2D eigenvalue weighted by molar-refractivity contribution is 0.627. The Morgan fingerprint density at radius 2 is 1.56 bits per heavy atom. The lowest BCUT2D eigenvalue weighted by Gasteiger charge is -2.09. The number of rotatable bonds is 3. The van der Waals surface area contributed by atoms with E-state index >= 15 is 0 Å². The van der Waals surface area contributed by atoms with Crippen molar-refractivity contribution in [1.82, 2.24) is 24.1 Å². The van der Waals surface area contributed by atoms with Gasteiger partial charge in [-0.2, -0.15) is 5.10 Å². The van der Waals surface area contributed by atoms with Crippen molar-refractivity contribution in [2.75, 3.05) is 0 Å². The summed E-state index contributed by atoms with van der Waals surface area (Å²) in [5, 5.41) is 4.40. The molecule has 0 atom stereocenters. The van der Waals surface area contributed by atoms with Crippen molar-refractivity contribution < 1.29 is 4.39 Å². The number of hydrogen-bond donors (Lipinski definition) is 0. The van der Waals surface area contributed by atoms with Gasteiger partial charge in [-0.25, -0.2) is 14.1 Å².